The lowest BCUT2D eigenvalue weighted by Crippen LogP contribution is -1.95. The van der Waals surface area contributed by atoms with Gasteiger partial charge in [-0.25, -0.2) is 9.97 Å². The van der Waals surface area contributed by atoms with Crippen molar-refractivity contribution in [2.45, 2.75) is 6.92 Å². The fraction of sp³-hybridized carbons (Fsp3) is 0.0233. The molecule has 9 aromatic rings. The van der Waals surface area contributed by atoms with Crippen molar-refractivity contribution in [1.29, 1.82) is 0 Å². The first-order chi connectivity index (χ1) is 23.7. The average Bonchev–Trinajstić information content (AvgIpc) is 3.50. The van der Waals surface area contributed by atoms with E-state index in [1.54, 1.807) is 6.20 Å². The summed E-state index contributed by atoms with van der Waals surface area (Å²) in [5, 5.41) is 4.77. The molecular weight excluding hydrogens is 587 g/mol. The SMILES string of the molecule is Cc1ccc(-c2cccc(-c3ccc4c5ccc6cc(-c7cccc(-c8cccnc8)n7)ccc6c5n(-c5ccccc5)c4c3)n2)cn1. The Morgan fingerprint density at radius 2 is 1.12 bits per heavy atom. The van der Waals surface area contributed by atoms with E-state index in [2.05, 4.69) is 124 Å². The van der Waals surface area contributed by atoms with Crippen LogP contribution in [0, 0.1) is 6.92 Å². The molecule has 226 valence electrons. The average molecular weight is 616 g/mol. The van der Waals surface area contributed by atoms with Crippen LogP contribution in [0.3, 0.4) is 0 Å². The van der Waals surface area contributed by atoms with Crippen molar-refractivity contribution >= 4 is 32.6 Å². The van der Waals surface area contributed by atoms with Crippen LogP contribution in [0.4, 0.5) is 0 Å². The smallest absolute Gasteiger partial charge is 0.0725 e. The van der Waals surface area contributed by atoms with Gasteiger partial charge in [-0.1, -0.05) is 66.7 Å². The molecule has 5 heteroatoms. The summed E-state index contributed by atoms with van der Waals surface area (Å²) < 4.78 is 2.39. The first-order valence-electron chi connectivity index (χ1n) is 16.0. The van der Waals surface area contributed by atoms with Crippen LogP contribution in [0.1, 0.15) is 5.69 Å². The Morgan fingerprint density at radius 3 is 1.81 bits per heavy atom. The Hall–Kier alpha value is -6.46. The van der Waals surface area contributed by atoms with Gasteiger partial charge in [-0.3, -0.25) is 9.97 Å². The van der Waals surface area contributed by atoms with E-state index in [-0.39, 0.29) is 0 Å². The van der Waals surface area contributed by atoms with Gasteiger partial charge in [-0.15, -0.1) is 0 Å². The normalized spacial score (nSPS) is 11.4. The van der Waals surface area contributed by atoms with Gasteiger partial charge in [0.15, 0.2) is 0 Å². The van der Waals surface area contributed by atoms with Gasteiger partial charge in [0.25, 0.3) is 0 Å². The summed E-state index contributed by atoms with van der Waals surface area (Å²) in [6.45, 7) is 2.00. The molecule has 0 spiro atoms. The van der Waals surface area contributed by atoms with Crippen molar-refractivity contribution < 1.29 is 0 Å². The van der Waals surface area contributed by atoms with Gasteiger partial charge in [0, 0.05) is 68.4 Å². The second kappa shape index (κ2) is 11.4. The molecule has 0 saturated heterocycles. The number of hydrogen-bond acceptors (Lipinski definition) is 4. The third kappa shape index (κ3) is 4.81. The molecular formula is C43H29N5. The number of hydrogen-bond donors (Lipinski definition) is 0. The molecule has 4 aromatic carbocycles. The van der Waals surface area contributed by atoms with Crippen molar-refractivity contribution in [3.63, 3.8) is 0 Å². The quantitative estimate of drug-likeness (QED) is 0.193. The lowest BCUT2D eigenvalue weighted by atomic mass is 10.0. The van der Waals surface area contributed by atoms with Crippen LogP contribution >= 0.6 is 0 Å². The van der Waals surface area contributed by atoms with E-state index < -0.39 is 0 Å². The van der Waals surface area contributed by atoms with Crippen LogP contribution in [0.15, 0.2) is 158 Å². The zero-order valence-electron chi connectivity index (χ0n) is 26.2. The second-order valence-electron chi connectivity index (χ2n) is 12.0. The highest BCUT2D eigenvalue weighted by Gasteiger charge is 2.17. The number of rotatable bonds is 5. The maximum Gasteiger partial charge on any atom is 0.0725 e. The number of para-hydroxylation sites is 1. The highest BCUT2D eigenvalue weighted by atomic mass is 15.0. The van der Waals surface area contributed by atoms with Crippen LogP contribution in [0.5, 0.6) is 0 Å². The molecule has 0 radical (unpaired) electrons. The molecule has 0 bridgehead atoms. The molecule has 9 rings (SSSR count). The van der Waals surface area contributed by atoms with E-state index in [9.17, 15) is 0 Å². The van der Waals surface area contributed by atoms with E-state index in [4.69, 9.17) is 9.97 Å². The molecule has 0 fully saturated rings. The number of pyridine rings is 4. The van der Waals surface area contributed by atoms with Gasteiger partial charge in [0.05, 0.1) is 33.8 Å². The standard InChI is InChI=1S/C43H29N5/c1-28-15-16-33(27-45-28)41-14-6-12-39(47-41)31-19-21-36-37-22-17-29-24-30(38-11-5-13-40(46-38)32-8-7-23-44-26-32)18-20-35(29)43(37)48(42(36)25-31)34-9-3-2-4-10-34/h2-27H,1H3. The summed E-state index contributed by atoms with van der Waals surface area (Å²) in [7, 11) is 0. The second-order valence-corrected chi connectivity index (χ2v) is 12.0. The maximum atomic E-state index is 5.06. The van der Waals surface area contributed by atoms with Gasteiger partial charge in [0.1, 0.15) is 0 Å². The minimum Gasteiger partial charge on any atom is -0.309 e. The van der Waals surface area contributed by atoms with E-state index >= 15 is 0 Å². The zero-order valence-corrected chi connectivity index (χ0v) is 26.2. The van der Waals surface area contributed by atoms with Crippen molar-refractivity contribution in [2.75, 3.05) is 0 Å². The fourth-order valence-electron chi connectivity index (χ4n) is 6.65. The van der Waals surface area contributed by atoms with Crippen LogP contribution in [-0.4, -0.2) is 24.5 Å². The first kappa shape index (κ1) is 27.8. The van der Waals surface area contributed by atoms with Gasteiger partial charge in [-0.2, -0.15) is 0 Å². The van der Waals surface area contributed by atoms with E-state index in [1.165, 1.54) is 21.7 Å². The summed E-state index contributed by atoms with van der Waals surface area (Å²) in [5.74, 6) is 0. The van der Waals surface area contributed by atoms with Crippen molar-refractivity contribution in [2.24, 2.45) is 0 Å². The van der Waals surface area contributed by atoms with E-state index in [0.29, 0.717) is 0 Å². The summed E-state index contributed by atoms with van der Waals surface area (Å²) in [6, 6.07) is 48.9. The molecule has 0 aliphatic heterocycles. The zero-order chi connectivity index (χ0) is 32.0. The molecule has 0 atom stereocenters. The molecule has 5 heterocycles. The van der Waals surface area contributed by atoms with Crippen molar-refractivity contribution in [3.8, 4) is 50.7 Å². The Labute approximate surface area is 277 Å². The molecule has 0 N–H and O–H groups in total. The number of aromatic nitrogens is 5. The third-order valence-electron chi connectivity index (χ3n) is 9.01. The molecule has 5 aromatic heterocycles. The summed E-state index contributed by atoms with van der Waals surface area (Å²) in [5.41, 5.74) is 12.3. The molecule has 0 aliphatic rings. The Bertz CT molecular complexity index is 2610. The van der Waals surface area contributed by atoms with Crippen LogP contribution in [-0.2, 0) is 0 Å². The molecule has 0 amide bonds. The maximum absolute atomic E-state index is 5.06. The highest BCUT2D eigenvalue weighted by Crippen LogP contribution is 2.39. The van der Waals surface area contributed by atoms with E-state index in [0.717, 1.165) is 67.3 Å². The van der Waals surface area contributed by atoms with Gasteiger partial charge < -0.3 is 4.57 Å². The Balaban J connectivity index is 1.22. The molecule has 0 saturated carbocycles. The van der Waals surface area contributed by atoms with Crippen molar-refractivity contribution in [3.05, 3.63) is 164 Å². The predicted octanol–water partition coefficient (Wildman–Crippen LogP) is 10.5. The number of fused-ring (bicyclic) bond motifs is 5. The van der Waals surface area contributed by atoms with Crippen molar-refractivity contribution in [1.82, 2.24) is 24.5 Å². The summed E-state index contributed by atoms with van der Waals surface area (Å²) in [6.07, 6.45) is 5.53. The Kier molecular flexibility index (Phi) is 6.61. The summed E-state index contributed by atoms with van der Waals surface area (Å²) in [4.78, 5) is 18.8. The summed E-state index contributed by atoms with van der Waals surface area (Å²) >= 11 is 0. The van der Waals surface area contributed by atoms with Gasteiger partial charge in [-0.05, 0) is 85.1 Å². The van der Waals surface area contributed by atoms with Crippen LogP contribution in [0.25, 0.3) is 83.3 Å². The number of benzene rings is 4. The molecule has 48 heavy (non-hydrogen) atoms. The molecule has 0 unspecified atom stereocenters. The minimum atomic E-state index is 0.908. The Morgan fingerprint density at radius 1 is 0.479 bits per heavy atom. The largest absolute Gasteiger partial charge is 0.309 e. The molecule has 0 aliphatic carbocycles. The van der Waals surface area contributed by atoms with Crippen LogP contribution < -0.4 is 0 Å². The number of aryl methyl sites for hydroxylation is 1. The lowest BCUT2D eigenvalue weighted by molar-refractivity contribution is 1.18. The highest BCUT2D eigenvalue weighted by molar-refractivity contribution is 6.19. The fourth-order valence-corrected chi connectivity index (χ4v) is 6.65. The minimum absolute atomic E-state index is 0.908. The molecule has 5 nitrogen and oxygen atoms in total. The topological polar surface area (TPSA) is 56.5 Å². The van der Waals surface area contributed by atoms with E-state index in [1.807, 2.05) is 49.6 Å². The first-order valence-corrected chi connectivity index (χ1v) is 16.0. The van der Waals surface area contributed by atoms with Gasteiger partial charge in [0.2, 0.25) is 0 Å². The third-order valence-corrected chi connectivity index (χ3v) is 9.01. The predicted molar refractivity (Wildman–Crippen MR) is 196 cm³/mol. The lowest BCUT2D eigenvalue weighted by Gasteiger charge is -2.11. The van der Waals surface area contributed by atoms with Gasteiger partial charge >= 0.3 is 0 Å². The van der Waals surface area contributed by atoms with Crippen LogP contribution in [0.2, 0.25) is 0 Å². The monoisotopic (exact) mass is 615 g/mol. The number of nitrogens with zero attached hydrogens (tertiary/aromatic N) is 5.